The Balaban J connectivity index is 2.45. The van der Waals surface area contributed by atoms with E-state index >= 15 is 0 Å². The highest BCUT2D eigenvalue weighted by Gasteiger charge is 2.13. The molecule has 0 aliphatic carbocycles. The number of carbonyl (C=O) groups is 2. The number of hydrogen-bond acceptors (Lipinski definition) is 5. The van der Waals surface area contributed by atoms with Crippen LogP contribution in [0.1, 0.15) is 13.3 Å². The third-order valence-electron chi connectivity index (χ3n) is 2.60. The average Bonchev–Trinajstić information content (AvgIpc) is 2.46. The summed E-state index contributed by atoms with van der Waals surface area (Å²) >= 11 is 0. The molecule has 22 heavy (non-hydrogen) atoms. The lowest BCUT2D eigenvalue weighted by Gasteiger charge is -2.07. The lowest BCUT2D eigenvalue weighted by Crippen LogP contribution is -2.36. The van der Waals surface area contributed by atoms with Gasteiger partial charge in [-0.15, -0.1) is 0 Å². The maximum Gasteiger partial charge on any atom is 0.313 e. The number of primary sulfonamides is 1. The zero-order valence-electron chi connectivity index (χ0n) is 12.2. The number of amides is 2. The minimum atomic E-state index is -3.79. The first-order chi connectivity index (χ1) is 10.3. The topological polar surface area (TPSA) is 128 Å². The Labute approximate surface area is 129 Å². The van der Waals surface area contributed by atoms with E-state index in [1.807, 2.05) is 6.92 Å². The zero-order valence-corrected chi connectivity index (χ0v) is 13.0. The lowest BCUT2D eigenvalue weighted by molar-refractivity contribution is -0.136. The summed E-state index contributed by atoms with van der Waals surface area (Å²) in [7, 11) is -3.79. The first-order valence-electron chi connectivity index (χ1n) is 6.64. The molecule has 0 saturated carbocycles. The van der Waals surface area contributed by atoms with Crippen LogP contribution in [0.3, 0.4) is 0 Å². The van der Waals surface area contributed by atoms with Crippen LogP contribution >= 0.6 is 0 Å². The molecule has 0 radical (unpaired) electrons. The lowest BCUT2D eigenvalue weighted by atomic mass is 10.3. The minimum Gasteiger partial charge on any atom is -0.382 e. The van der Waals surface area contributed by atoms with Crippen LogP contribution in [-0.2, 0) is 24.3 Å². The molecule has 0 spiro atoms. The van der Waals surface area contributed by atoms with Crippen LogP contribution < -0.4 is 15.8 Å². The van der Waals surface area contributed by atoms with E-state index in [-0.39, 0.29) is 4.90 Å². The van der Waals surface area contributed by atoms with E-state index in [4.69, 9.17) is 9.88 Å². The summed E-state index contributed by atoms with van der Waals surface area (Å²) in [5.74, 6) is -1.60. The smallest absolute Gasteiger partial charge is 0.313 e. The first-order valence-corrected chi connectivity index (χ1v) is 8.19. The van der Waals surface area contributed by atoms with E-state index in [1.165, 1.54) is 24.3 Å². The molecule has 1 aromatic rings. The van der Waals surface area contributed by atoms with E-state index < -0.39 is 21.8 Å². The molecule has 0 bridgehead atoms. The second-order valence-electron chi connectivity index (χ2n) is 4.33. The highest BCUT2D eigenvalue weighted by atomic mass is 32.2. The fourth-order valence-electron chi connectivity index (χ4n) is 1.52. The van der Waals surface area contributed by atoms with Gasteiger partial charge in [0.1, 0.15) is 0 Å². The molecule has 1 rings (SSSR count). The second kappa shape index (κ2) is 8.47. The Morgan fingerprint density at radius 1 is 1.18 bits per heavy atom. The third-order valence-corrected chi connectivity index (χ3v) is 3.53. The van der Waals surface area contributed by atoms with Gasteiger partial charge in [0, 0.05) is 25.4 Å². The fourth-order valence-corrected chi connectivity index (χ4v) is 2.03. The molecule has 0 saturated heterocycles. The molecular formula is C13H19N3O5S. The standard InChI is InChI=1S/C13H19N3O5S/c1-2-21-9-3-8-15-12(17)13(18)16-10-4-6-11(7-5-10)22(14,19)20/h4-7H,2-3,8-9H2,1H3,(H,15,17)(H,16,18)(H2,14,19,20). The highest BCUT2D eigenvalue weighted by molar-refractivity contribution is 7.89. The van der Waals surface area contributed by atoms with Crippen LogP contribution in [0.4, 0.5) is 5.69 Å². The molecule has 0 aliphatic rings. The van der Waals surface area contributed by atoms with Gasteiger partial charge in [-0.05, 0) is 37.6 Å². The molecule has 1 aromatic carbocycles. The van der Waals surface area contributed by atoms with E-state index in [2.05, 4.69) is 10.6 Å². The summed E-state index contributed by atoms with van der Waals surface area (Å²) in [4.78, 5) is 23.1. The van der Waals surface area contributed by atoms with Gasteiger partial charge in [-0.1, -0.05) is 0 Å². The van der Waals surface area contributed by atoms with Crippen LogP contribution in [0.15, 0.2) is 29.2 Å². The summed E-state index contributed by atoms with van der Waals surface area (Å²) in [6.07, 6.45) is 0.607. The van der Waals surface area contributed by atoms with Gasteiger partial charge in [0.05, 0.1) is 4.90 Å². The van der Waals surface area contributed by atoms with Crippen molar-refractivity contribution in [3.8, 4) is 0 Å². The molecule has 0 atom stereocenters. The van der Waals surface area contributed by atoms with Crippen molar-refractivity contribution >= 4 is 27.5 Å². The van der Waals surface area contributed by atoms with E-state index in [9.17, 15) is 18.0 Å². The van der Waals surface area contributed by atoms with Crippen molar-refractivity contribution in [2.24, 2.45) is 5.14 Å². The van der Waals surface area contributed by atoms with Crippen molar-refractivity contribution < 1.29 is 22.7 Å². The molecule has 0 fully saturated rings. The van der Waals surface area contributed by atoms with Crippen molar-refractivity contribution in [1.29, 1.82) is 0 Å². The van der Waals surface area contributed by atoms with Crippen LogP contribution in [0.25, 0.3) is 0 Å². The minimum absolute atomic E-state index is 0.0779. The van der Waals surface area contributed by atoms with Gasteiger partial charge in [0.2, 0.25) is 10.0 Å². The number of benzene rings is 1. The molecule has 122 valence electrons. The van der Waals surface area contributed by atoms with Crippen LogP contribution in [0.2, 0.25) is 0 Å². The maximum atomic E-state index is 11.6. The highest BCUT2D eigenvalue weighted by Crippen LogP contribution is 2.12. The van der Waals surface area contributed by atoms with Crippen molar-refractivity contribution in [2.75, 3.05) is 25.1 Å². The number of nitrogens with two attached hydrogens (primary N) is 1. The van der Waals surface area contributed by atoms with Gasteiger partial charge >= 0.3 is 11.8 Å². The third kappa shape index (κ3) is 6.20. The first kappa shape index (κ1) is 18.1. The quantitative estimate of drug-likeness (QED) is 0.472. The SMILES string of the molecule is CCOCCCNC(=O)C(=O)Nc1ccc(S(N)(=O)=O)cc1. The van der Waals surface area contributed by atoms with Gasteiger partial charge < -0.3 is 15.4 Å². The Hall–Kier alpha value is -1.97. The molecule has 2 amide bonds. The van der Waals surface area contributed by atoms with Crippen LogP contribution in [0.5, 0.6) is 0 Å². The summed E-state index contributed by atoms with van der Waals surface area (Å²) < 4.78 is 27.3. The molecule has 0 unspecified atom stereocenters. The number of anilines is 1. The molecule has 0 aliphatic heterocycles. The Morgan fingerprint density at radius 3 is 2.36 bits per heavy atom. The molecule has 0 aromatic heterocycles. The Bertz CT molecular complexity index is 613. The van der Waals surface area contributed by atoms with Gasteiger partial charge in [-0.25, -0.2) is 13.6 Å². The number of ether oxygens (including phenoxy) is 1. The molecular weight excluding hydrogens is 310 g/mol. The summed E-state index contributed by atoms with van der Waals surface area (Å²) in [6, 6.07) is 5.18. The molecule has 8 nitrogen and oxygen atoms in total. The molecule has 9 heteroatoms. The zero-order chi connectivity index (χ0) is 16.6. The van der Waals surface area contributed by atoms with Crippen molar-refractivity contribution in [3.05, 3.63) is 24.3 Å². The Kier molecular flexibility index (Phi) is 6.96. The largest absolute Gasteiger partial charge is 0.382 e. The number of carbonyl (C=O) groups excluding carboxylic acids is 2. The van der Waals surface area contributed by atoms with Gasteiger partial charge in [-0.3, -0.25) is 9.59 Å². The monoisotopic (exact) mass is 329 g/mol. The molecule has 4 N–H and O–H groups in total. The number of rotatable bonds is 7. The number of nitrogens with one attached hydrogen (secondary N) is 2. The predicted molar refractivity (Wildman–Crippen MR) is 80.6 cm³/mol. The van der Waals surface area contributed by atoms with Gasteiger partial charge in [0.25, 0.3) is 0 Å². The number of sulfonamides is 1. The summed E-state index contributed by atoms with van der Waals surface area (Å²) in [6.45, 7) is 3.31. The summed E-state index contributed by atoms with van der Waals surface area (Å²) in [5.41, 5.74) is 0.293. The van der Waals surface area contributed by atoms with Crippen molar-refractivity contribution in [1.82, 2.24) is 5.32 Å². The number of hydrogen-bond donors (Lipinski definition) is 3. The van der Waals surface area contributed by atoms with Crippen LogP contribution in [0, 0.1) is 0 Å². The van der Waals surface area contributed by atoms with E-state index in [0.717, 1.165) is 0 Å². The van der Waals surface area contributed by atoms with Crippen LogP contribution in [-0.4, -0.2) is 40.0 Å². The van der Waals surface area contributed by atoms with Gasteiger partial charge in [0.15, 0.2) is 0 Å². The van der Waals surface area contributed by atoms with E-state index in [0.29, 0.717) is 31.9 Å². The van der Waals surface area contributed by atoms with Gasteiger partial charge in [-0.2, -0.15) is 0 Å². The summed E-state index contributed by atoms with van der Waals surface area (Å²) in [5, 5.41) is 9.76. The molecule has 0 heterocycles. The second-order valence-corrected chi connectivity index (χ2v) is 5.89. The predicted octanol–water partition coefficient (Wildman–Crippen LogP) is -0.185. The Morgan fingerprint density at radius 2 is 1.82 bits per heavy atom. The average molecular weight is 329 g/mol. The van der Waals surface area contributed by atoms with Crippen molar-refractivity contribution in [2.45, 2.75) is 18.2 Å². The maximum absolute atomic E-state index is 11.6. The fraction of sp³-hybridized carbons (Fsp3) is 0.385. The van der Waals surface area contributed by atoms with Crippen molar-refractivity contribution in [3.63, 3.8) is 0 Å². The van der Waals surface area contributed by atoms with E-state index in [1.54, 1.807) is 0 Å². The normalized spacial score (nSPS) is 11.0.